The molecular formula is C15H14BrNO2. The second-order valence-corrected chi connectivity index (χ2v) is 5.12. The Labute approximate surface area is 120 Å². The maximum Gasteiger partial charge on any atom is 0.196 e. The van der Waals surface area contributed by atoms with Gasteiger partial charge in [-0.25, -0.2) is 0 Å². The van der Waals surface area contributed by atoms with Gasteiger partial charge in [0.25, 0.3) is 0 Å². The van der Waals surface area contributed by atoms with E-state index >= 15 is 0 Å². The Morgan fingerprint density at radius 1 is 1.21 bits per heavy atom. The molecule has 0 aliphatic heterocycles. The average molecular weight is 320 g/mol. The van der Waals surface area contributed by atoms with Crippen LogP contribution in [-0.4, -0.2) is 12.9 Å². The molecule has 2 N–H and O–H groups in total. The lowest BCUT2D eigenvalue weighted by Gasteiger charge is -2.09. The lowest BCUT2D eigenvalue weighted by atomic mass is 10.0. The van der Waals surface area contributed by atoms with Crippen LogP contribution in [0.3, 0.4) is 0 Å². The summed E-state index contributed by atoms with van der Waals surface area (Å²) in [5.74, 6) is 0.491. The first kappa shape index (κ1) is 13.6. The van der Waals surface area contributed by atoms with Crippen molar-refractivity contribution in [2.24, 2.45) is 0 Å². The zero-order valence-electron chi connectivity index (χ0n) is 10.7. The second kappa shape index (κ2) is 5.45. The molecule has 19 heavy (non-hydrogen) atoms. The number of benzene rings is 2. The topological polar surface area (TPSA) is 52.3 Å². The number of hydrogen-bond acceptors (Lipinski definition) is 3. The molecule has 0 saturated heterocycles. The number of rotatable bonds is 3. The van der Waals surface area contributed by atoms with Gasteiger partial charge in [-0.15, -0.1) is 0 Å². The number of hydrogen-bond donors (Lipinski definition) is 1. The molecule has 0 aromatic heterocycles. The van der Waals surface area contributed by atoms with Gasteiger partial charge in [0.1, 0.15) is 5.75 Å². The van der Waals surface area contributed by atoms with Gasteiger partial charge in [-0.05, 0) is 53.2 Å². The summed E-state index contributed by atoms with van der Waals surface area (Å²) in [6.07, 6.45) is 0. The van der Waals surface area contributed by atoms with E-state index < -0.39 is 0 Å². The summed E-state index contributed by atoms with van der Waals surface area (Å²) < 4.78 is 5.95. The third-order valence-corrected chi connectivity index (χ3v) is 3.55. The number of carbonyl (C=O) groups is 1. The van der Waals surface area contributed by atoms with E-state index in [0.717, 1.165) is 5.56 Å². The van der Waals surface area contributed by atoms with E-state index in [2.05, 4.69) is 15.9 Å². The lowest BCUT2D eigenvalue weighted by molar-refractivity contribution is 0.103. The number of aryl methyl sites for hydroxylation is 1. The quantitative estimate of drug-likeness (QED) is 0.695. The van der Waals surface area contributed by atoms with Crippen LogP contribution >= 0.6 is 15.9 Å². The number of nitrogen functional groups attached to an aromatic ring is 1. The van der Waals surface area contributed by atoms with Gasteiger partial charge in [0.2, 0.25) is 0 Å². The van der Waals surface area contributed by atoms with Gasteiger partial charge in [-0.3, -0.25) is 4.79 Å². The van der Waals surface area contributed by atoms with Gasteiger partial charge < -0.3 is 10.5 Å². The van der Waals surface area contributed by atoms with E-state index in [1.54, 1.807) is 31.4 Å². The molecule has 2 rings (SSSR count). The summed E-state index contributed by atoms with van der Waals surface area (Å²) in [7, 11) is 1.56. The summed E-state index contributed by atoms with van der Waals surface area (Å²) in [4.78, 5) is 12.5. The van der Waals surface area contributed by atoms with E-state index in [0.29, 0.717) is 27.0 Å². The van der Waals surface area contributed by atoms with Crippen molar-refractivity contribution < 1.29 is 9.53 Å². The third kappa shape index (κ3) is 2.79. The van der Waals surface area contributed by atoms with E-state index in [4.69, 9.17) is 10.5 Å². The number of methoxy groups -OCH3 is 1. The molecule has 98 valence electrons. The molecule has 0 heterocycles. The first-order valence-electron chi connectivity index (χ1n) is 5.77. The van der Waals surface area contributed by atoms with Gasteiger partial charge in [0, 0.05) is 15.7 Å². The van der Waals surface area contributed by atoms with Crippen molar-refractivity contribution in [3.05, 3.63) is 57.6 Å². The van der Waals surface area contributed by atoms with Crippen molar-refractivity contribution in [2.75, 3.05) is 12.8 Å². The summed E-state index contributed by atoms with van der Waals surface area (Å²) in [6, 6.07) is 10.7. The molecular weight excluding hydrogens is 306 g/mol. The molecule has 3 nitrogen and oxygen atoms in total. The highest BCUT2D eigenvalue weighted by atomic mass is 79.9. The molecule has 0 radical (unpaired) electrons. The lowest BCUT2D eigenvalue weighted by Crippen LogP contribution is -2.05. The maximum atomic E-state index is 12.5. The Balaban J connectivity index is 2.49. The van der Waals surface area contributed by atoms with Gasteiger partial charge in [0.05, 0.1) is 12.7 Å². The highest BCUT2D eigenvalue weighted by Gasteiger charge is 2.15. The third-order valence-electron chi connectivity index (χ3n) is 2.86. The van der Waals surface area contributed by atoms with E-state index in [9.17, 15) is 4.79 Å². The normalized spacial score (nSPS) is 10.3. The molecule has 0 spiro atoms. The monoisotopic (exact) mass is 319 g/mol. The molecule has 0 aliphatic carbocycles. The van der Waals surface area contributed by atoms with Crippen LogP contribution in [0.4, 0.5) is 5.69 Å². The second-order valence-electron chi connectivity index (χ2n) is 4.27. The Hall–Kier alpha value is -1.81. The summed E-state index contributed by atoms with van der Waals surface area (Å²) in [5.41, 5.74) is 8.47. The molecule has 0 fully saturated rings. The fourth-order valence-electron chi connectivity index (χ4n) is 1.82. The largest absolute Gasteiger partial charge is 0.496 e. The number of carbonyl (C=O) groups excluding carboxylic acids is 1. The highest BCUT2D eigenvalue weighted by molar-refractivity contribution is 9.10. The van der Waals surface area contributed by atoms with Crippen LogP contribution in [-0.2, 0) is 0 Å². The number of ether oxygens (including phenoxy) is 1. The maximum absolute atomic E-state index is 12.5. The predicted molar refractivity (Wildman–Crippen MR) is 79.7 cm³/mol. The van der Waals surface area contributed by atoms with E-state index in [1.807, 2.05) is 19.1 Å². The Bertz CT molecular complexity index is 638. The van der Waals surface area contributed by atoms with Crippen molar-refractivity contribution in [3.8, 4) is 5.75 Å². The zero-order chi connectivity index (χ0) is 14.0. The first-order valence-corrected chi connectivity index (χ1v) is 6.56. The number of nitrogens with two attached hydrogens (primary N) is 1. The molecule has 0 saturated carbocycles. The molecule has 0 amide bonds. The van der Waals surface area contributed by atoms with Gasteiger partial charge in [0.15, 0.2) is 5.78 Å². The standard InChI is InChI=1S/C15H14BrNO2/c1-9-3-6-14(19-2)11(7-9)15(18)10-4-5-13(17)12(16)8-10/h3-8H,17H2,1-2H3. The van der Waals surface area contributed by atoms with E-state index in [1.165, 1.54) is 0 Å². The molecule has 2 aromatic rings. The Morgan fingerprint density at radius 3 is 2.58 bits per heavy atom. The van der Waals surface area contributed by atoms with Crippen molar-refractivity contribution in [1.82, 2.24) is 0 Å². The van der Waals surface area contributed by atoms with Crippen LogP contribution in [0.25, 0.3) is 0 Å². The Morgan fingerprint density at radius 2 is 1.95 bits per heavy atom. The van der Waals surface area contributed by atoms with Crippen LogP contribution in [0.2, 0.25) is 0 Å². The van der Waals surface area contributed by atoms with Crippen LogP contribution in [0.1, 0.15) is 21.5 Å². The average Bonchev–Trinajstić information content (AvgIpc) is 2.41. The van der Waals surface area contributed by atoms with Crippen molar-refractivity contribution in [1.29, 1.82) is 0 Å². The van der Waals surface area contributed by atoms with Crippen molar-refractivity contribution in [2.45, 2.75) is 6.92 Å². The fourth-order valence-corrected chi connectivity index (χ4v) is 2.20. The fraction of sp³-hybridized carbons (Fsp3) is 0.133. The molecule has 0 aliphatic rings. The minimum atomic E-state index is -0.0822. The zero-order valence-corrected chi connectivity index (χ0v) is 12.3. The highest BCUT2D eigenvalue weighted by Crippen LogP contribution is 2.26. The van der Waals surface area contributed by atoms with Gasteiger partial charge >= 0.3 is 0 Å². The summed E-state index contributed by atoms with van der Waals surface area (Å²) in [6.45, 7) is 1.94. The molecule has 0 atom stereocenters. The predicted octanol–water partition coefficient (Wildman–Crippen LogP) is 3.58. The van der Waals surface area contributed by atoms with Crippen molar-refractivity contribution in [3.63, 3.8) is 0 Å². The molecule has 0 bridgehead atoms. The van der Waals surface area contributed by atoms with E-state index in [-0.39, 0.29) is 5.78 Å². The molecule has 4 heteroatoms. The van der Waals surface area contributed by atoms with Crippen LogP contribution in [0, 0.1) is 6.92 Å². The smallest absolute Gasteiger partial charge is 0.196 e. The van der Waals surface area contributed by atoms with Crippen LogP contribution in [0.5, 0.6) is 5.75 Å². The summed E-state index contributed by atoms with van der Waals surface area (Å²) >= 11 is 3.33. The number of ketones is 1. The van der Waals surface area contributed by atoms with Crippen LogP contribution in [0.15, 0.2) is 40.9 Å². The minimum Gasteiger partial charge on any atom is -0.496 e. The van der Waals surface area contributed by atoms with Crippen molar-refractivity contribution >= 4 is 27.4 Å². The molecule has 2 aromatic carbocycles. The first-order chi connectivity index (χ1) is 9.02. The minimum absolute atomic E-state index is 0.0822. The Kier molecular flexibility index (Phi) is 3.90. The number of anilines is 1. The van der Waals surface area contributed by atoms with Gasteiger partial charge in [-0.1, -0.05) is 11.6 Å². The molecule has 0 unspecified atom stereocenters. The summed E-state index contributed by atoms with van der Waals surface area (Å²) in [5, 5.41) is 0. The SMILES string of the molecule is COc1ccc(C)cc1C(=O)c1ccc(N)c(Br)c1. The van der Waals surface area contributed by atoms with Crippen LogP contribution < -0.4 is 10.5 Å². The van der Waals surface area contributed by atoms with Gasteiger partial charge in [-0.2, -0.15) is 0 Å². The number of halogens is 1.